The number of carbonyl (C=O) groups is 1. The van der Waals surface area contributed by atoms with Gasteiger partial charge in [0.25, 0.3) is 0 Å². The van der Waals surface area contributed by atoms with E-state index in [2.05, 4.69) is 21.4 Å². The second-order valence-electron chi connectivity index (χ2n) is 7.06. The zero-order valence-corrected chi connectivity index (χ0v) is 16.5. The fourth-order valence-corrected chi connectivity index (χ4v) is 3.14. The summed E-state index contributed by atoms with van der Waals surface area (Å²) in [7, 11) is 0. The van der Waals surface area contributed by atoms with Gasteiger partial charge in [0.15, 0.2) is 0 Å². The summed E-state index contributed by atoms with van der Waals surface area (Å²) in [6.45, 7) is 1.51. The standard InChI is InChI=1S/C22H19FN6O2/c23-17-4-6-18(7-5-17)31-19-12-29(13-19)22-27-11-16(9-24)21(28-22)26-10-14-2-1-3-15(8-14)20(25)30/h1-8,11,19H,10,12-13H2,(H2,25,30)(H,26,27,28). The summed E-state index contributed by atoms with van der Waals surface area (Å²) in [6, 6.07) is 14.9. The third-order valence-corrected chi connectivity index (χ3v) is 4.82. The van der Waals surface area contributed by atoms with Crippen LogP contribution in [0.3, 0.4) is 0 Å². The molecule has 3 aromatic rings. The molecule has 2 heterocycles. The van der Waals surface area contributed by atoms with Crippen molar-refractivity contribution in [3.05, 3.63) is 77.2 Å². The van der Waals surface area contributed by atoms with Gasteiger partial charge in [-0.3, -0.25) is 4.79 Å². The number of carbonyl (C=O) groups excluding carboxylic acids is 1. The quantitative estimate of drug-likeness (QED) is 0.605. The van der Waals surface area contributed by atoms with Crippen LogP contribution in [0.5, 0.6) is 5.75 Å². The first-order valence-electron chi connectivity index (χ1n) is 9.59. The lowest BCUT2D eigenvalue weighted by molar-refractivity contribution is 0.1000. The van der Waals surface area contributed by atoms with Crippen LogP contribution < -0.4 is 20.7 Å². The van der Waals surface area contributed by atoms with Crippen molar-refractivity contribution in [1.82, 2.24) is 9.97 Å². The van der Waals surface area contributed by atoms with E-state index in [0.29, 0.717) is 48.3 Å². The highest BCUT2D eigenvalue weighted by molar-refractivity contribution is 5.92. The molecule has 0 bridgehead atoms. The van der Waals surface area contributed by atoms with Crippen LogP contribution in [0.2, 0.25) is 0 Å². The summed E-state index contributed by atoms with van der Waals surface area (Å²) in [5.74, 6) is 0.674. The zero-order valence-electron chi connectivity index (χ0n) is 16.5. The van der Waals surface area contributed by atoms with E-state index < -0.39 is 5.91 Å². The van der Waals surface area contributed by atoms with Gasteiger partial charge in [-0.15, -0.1) is 0 Å². The number of nitrogens with zero attached hydrogens (tertiary/aromatic N) is 4. The van der Waals surface area contributed by atoms with Crippen LogP contribution in [-0.4, -0.2) is 35.1 Å². The van der Waals surface area contributed by atoms with Gasteiger partial charge in [-0.05, 0) is 42.0 Å². The zero-order chi connectivity index (χ0) is 21.8. The number of anilines is 2. The molecule has 0 aliphatic carbocycles. The van der Waals surface area contributed by atoms with Gasteiger partial charge in [-0.25, -0.2) is 9.37 Å². The average molecular weight is 418 g/mol. The van der Waals surface area contributed by atoms with Gasteiger partial charge < -0.3 is 20.7 Å². The monoisotopic (exact) mass is 418 g/mol. The van der Waals surface area contributed by atoms with Crippen LogP contribution in [0.25, 0.3) is 0 Å². The Morgan fingerprint density at radius 2 is 2.06 bits per heavy atom. The Hall–Kier alpha value is -4.19. The van der Waals surface area contributed by atoms with Crippen molar-refractivity contribution in [3.63, 3.8) is 0 Å². The van der Waals surface area contributed by atoms with E-state index in [0.717, 1.165) is 5.56 Å². The van der Waals surface area contributed by atoms with Gasteiger partial charge in [0.1, 0.15) is 35.1 Å². The molecule has 1 fully saturated rings. The maximum atomic E-state index is 13.0. The number of primary amides is 1. The number of halogens is 1. The average Bonchev–Trinajstić information content (AvgIpc) is 2.76. The second-order valence-corrected chi connectivity index (χ2v) is 7.06. The minimum absolute atomic E-state index is 0.0577. The van der Waals surface area contributed by atoms with Crippen molar-refractivity contribution >= 4 is 17.7 Å². The summed E-state index contributed by atoms with van der Waals surface area (Å²) in [5, 5.41) is 12.5. The van der Waals surface area contributed by atoms with Crippen LogP contribution in [0, 0.1) is 17.1 Å². The third-order valence-electron chi connectivity index (χ3n) is 4.82. The second kappa shape index (κ2) is 8.67. The van der Waals surface area contributed by atoms with Gasteiger partial charge >= 0.3 is 0 Å². The fourth-order valence-electron chi connectivity index (χ4n) is 3.14. The first-order chi connectivity index (χ1) is 15.0. The molecule has 1 aromatic heterocycles. The Morgan fingerprint density at radius 3 is 2.77 bits per heavy atom. The number of nitriles is 1. The molecule has 0 atom stereocenters. The van der Waals surface area contributed by atoms with Gasteiger partial charge in [0.2, 0.25) is 11.9 Å². The lowest BCUT2D eigenvalue weighted by Crippen LogP contribution is -2.54. The SMILES string of the molecule is N#Cc1cnc(N2CC(Oc3ccc(F)cc3)C2)nc1NCc1cccc(C(N)=O)c1. The highest BCUT2D eigenvalue weighted by Crippen LogP contribution is 2.24. The smallest absolute Gasteiger partial charge is 0.248 e. The van der Waals surface area contributed by atoms with Crippen LogP contribution in [0.1, 0.15) is 21.5 Å². The molecular weight excluding hydrogens is 399 g/mol. The van der Waals surface area contributed by atoms with Crippen LogP contribution >= 0.6 is 0 Å². The van der Waals surface area contributed by atoms with E-state index in [9.17, 15) is 14.4 Å². The number of hydrogen-bond donors (Lipinski definition) is 2. The molecule has 3 N–H and O–H groups in total. The molecule has 156 valence electrons. The van der Waals surface area contributed by atoms with Gasteiger partial charge in [0.05, 0.1) is 19.3 Å². The molecule has 8 nitrogen and oxygen atoms in total. The maximum Gasteiger partial charge on any atom is 0.248 e. The highest BCUT2D eigenvalue weighted by atomic mass is 19.1. The van der Waals surface area contributed by atoms with Crippen molar-refractivity contribution in [2.75, 3.05) is 23.3 Å². The number of rotatable bonds is 7. The number of nitrogens with two attached hydrogens (primary N) is 1. The predicted octanol–water partition coefficient (Wildman–Crippen LogP) is 2.47. The van der Waals surface area contributed by atoms with Crippen LogP contribution in [-0.2, 0) is 6.54 Å². The van der Waals surface area contributed by atoms with E-state index >= 15 is 0 Å². The molecule has 9 heteroatoms. The Morgan fingerprint density at radius 1 is 1.29 bits per heavy atom. The molecule has 0 spiro atoms. The lowest BCUT2D eigenvalue weighted by Gasteiger charge is -2.39. The van der Waals surface area contributed by atoms with Crippen LogP contribution in [0.15, 0.2) is 54.7 Å². The van der Waals surface area contributed by atoms with E-state index in [4.69, 9.17) is 10.5 Å². The molecule has 2 aromatic carbocycles. The number of amides is 1. The molecule has 0 radical (unpaired) electrons. The molecule has 1 saturated heterocycles. The number of aromatic nitrogens is 2. The normalized spacial score (nSPS) is 13.2. The molecule has 0 saturated carbocycles. The minimum Gasteiger partial charge on any atom is -0.487 e. The van der Waals surface area contributed by atoms with Crippen LogP contribution in [0.4, 0.5) is 16.2 Å². The van der Waals surface area contributed by atoms with E-state index in [1.54, 1.807) is 30.3 Å². The van der Waals surface area contributed by atoms with Gasteiger partial charge in [-0.1, -0.05) is 12.1 Å². The molecular formula is C22H19FN6O2. The largest absolute Gasteiger partial charge is 0.487 e. The first-order valence-corrected chi connectivity index (χ1v) is 9.59. The Bertz CT molecular complexity index is 1140. The molecule has 0 unspecified atom stereocenters. The molecule has 4 rings (SSSR count). The summed E-state index contributed by atoms with van der Waals surface area (Å²) < 4.78 is 18.8. The van der Waals surface area contributed by atoms with Gasteiger partial charge in [0, 0.05) is 12.1 Å². The molecule has 31 heavy (non-hydrogen) atoms. The molecule has 1 aliphatic rings. The van der Waals surface area contributed by atoms with Crippen molar-refractivity contribution in [1.29, 1.82) is 5.26 Å². The van der Waals surface area contributed by atoms with Crippen molar-refractivity contribution < 1.29 is 13.9 Å². The van der Waals surface area contributed by atoms with Crippen molar-refractivity contribution in [2.24, 2.45) is 5.73 Å². The predicted molar refractivity (Wildman–Crippen MR) is 112 cm³/mol. The fraction of sp³-hybridized carbons (Fsp3) is 0.182. The summed E-state index contributed by atoms with van der Waals surface area (Å²) in [4.78, 5) is 22.0. The minimum atomic E-state index is -0.501. The van der Waals surface area contributed by atoms with Gasteiger partial charge in [-0.2, -0.15) is 10.2 Å². The van der Waals surface area contributed by atoms with E-state index in [1.807, 2.05) is 11.0 Å². The number of benzene rings is 2. The molecule has 1 amide bonds. The maximum absolute atomic E-state index is 13.0. The summed E-state index contributed by atoms with van der Waals surface area (Å²) in [6.07, 6.45) is 1.41. The number of hydrogen-bond acceptors (Lipinski definition) is 7. The number of ether oxygens (including phenoxy) is 1. The number of nitrogens with one attached hydrogen (secondary N) is 1. The molecule has 1 aliphatic heterocycles. The third kappa shape index (κ3) is 4.70. The summed E-state index contributed by atoms with van der Waals surface area (Å²) >= 11 is 0. The van der Waals surface area contributed by atoms with E-state index in [1.165, 1.54) is 18.3 Å². The van der Waals surface area contributed by atoms with E-state index in [-0.39, 0.29) is 11.9 Å². The van der Waals surface area contributed by atoms with Crippen molar-refractivity contribution in [2.45, 2.75) is 12.6 Å². The lowest BCUT2D eigenvalue weighted by atomic mass is 10.1. The Balaban J connectivity index is 1.40. The topological polar surface area (TPSA) is 117 Å². The highest BCUT2D eigenvalue weighted by Gasteiger charge is 2.31. The Kier molecular flexibility index (Phi) is 5.62. The Labute approximate surface area is 178 Å². The van der Waals surface area contributed by atoms with Crippen molar-refractivity contribution in [3.8, 4) is 11.8 Å². The summed E-state index contributed by atoms with van der Waals surface area (Å²) in [5.41, 5.74) is 6.88. The first kappa shape index (κ1) is 20.1.